The molecule has 90 valence electrons. The molecule has 1 N–H and O–H groups in total. The molecule has 3 heteroatoms. The van der Waals surface area contributed by atoms with Gasteiger partial charge < -0.3 is 5.32 Å². The normalized spacial score (nSPS) is 12.8. The van der Waals surface area contributed by atoms with Crippen molar-refractivity contribution >= 4 is 15.9 Å². The maximum absolute atomic E-state index is 13.7. The SMILES string of the molecule is CCCC(CCc1cccc(Br)c1F)NC. The summed E-state index contributed by atoms with van der Waals surface area (Å²) in [5.74, 6) is -0.117. The molecule has 0 fully saturated rings. The average Bonchev–Trinajstić information content (AvgIpc) is 2.29. The topological polar surface area (TPSA) is 12.0 Å². The summed E-state index contributed by atoms with van der Waals surface area (Å²) in [6.45, 7) is 2.17. The van der Waals surface area contributed by atoms with Gasteiger partial charge in [0.25, 0.3) is 0 Å². The van der Waals surface area contributed by atoms with Gasteiger partial charge in [-0.05, 0) is 53.9 Å². The molecule has 1 aromatic rings. The van der Waals surface area contributed by atoms with Crippen LogP contribution in [0.1, 0.15) is 31.7 Å². The molecule has 0 amide bonds. The predicted octanol–water partition coefficient (Wildman–Crippen LogP) is 3.91. The third-order valence-electron chi connectivity index (χ3n) is 2.84. The second-order valence-electron chi connectivity index (χ2n) is 4.03. The number of rotatable bonds is 6. The summed E-state index contributed by atoms with van der Waals surface area (Å²) in [5.41, 5.74) is 0.797. The summed E-state index contributed by atoms with van der Waals surface area (Å²) in [5, 5.41) is 3.27. The third kappa shape index (κ3) is 3.87. The van der Waals surface area contributed by atoms with E-state index in [9.17, 15) is 4.39 Å². The van der Waals surface area contributed by atoms with Crippen molar-refractivity contribution < 1.29 is 4.39 Å². The van der Waals surface area contributed by atoms with Crippen molar-refractivity contribution in [3.05, 3.63) is 34.1 Å². The molecule has 1 atom stereocenters. The van der Waals surface area contributed by atoms with Gasteiger partial charge in [-0.3, -0.25) is 0 Å². The van der Waals surface area contributed by atoms with E-state index in [2.05, 4.69) is 28.2 Å². The maximum Gasteiger partial charge on any atom is 0.140 e. The third-order valence-corrected chi connectivity index (χ3v) is 3.45. The molecule has 0 saturated heterocycles. The zero-order valence-corrected chi connectivity index (χ0v) is 11.5. The van der Waals surface area contributed by atoms with Crippen LogP contribution in [0, 0.1) is 5.82 Å². The molecule has 1 aromatic carbocycles. The van der Waals surface area contributed by atoms with Gasteiger partial charge in [0, 0.05) is 6.04 Å². The minimum absolute atomic E-state index is 0.117. The van der Waals surface area contributed by atoms with E-state index in [4.69, 9.17) is 0 Å². The van der Waals surface area contributed by atoms with E-state index in [0.29, 0.717) is 10.5 Å². The molecule has 0 aliphatic heterocycles. The van der Waals surface area contributed by atoms with Gasteiger partial charge in [0.15, 0.2) is 0 Å². The van der Waals surface area contributed by atoms with Crippen molar-refractivity contribution in [2.45, 2.75) is 38.6 Å². The minimum atomic E-state index is -0.117. The first kappa shape index (κ1) is 13.7. The van der Waals surface area contributed by atoms with Crippen LogP contribution in [0.5, 0.6) is 0 Å². The number of nitrogens with one attached hydrogen (secondary N) is 1. The van der Waals surface area contributed by atoms with Crippen LogP contribution in [0.25, 0.3) is 0 Å². The molecule has 1 rings (SSSR count). The van der Waals surface area contributed by atoms with Gasteiger partial charge in [0.2, 0.25) is 0 Å². The lowest BCUT2D eigenvalue weighted by molar-refractivity contribution is 0.478. The maximum atomic E-state index is 13.7. The Labute approximate surface area is 106 Å². The lowest BCUT2D eigenvalue weighted by Crippen LogP contribution is -2.25. The molecule has 0 saturated carbocycles. The number of aryl methyl sites for hydroxylation is 1. The Bertz CT molecular complexity index is 328. The van der Waals surface area contributed by atoms with Crippen LogP contribution in [-0.4, -0.2) is 13.1 Å². The fourth-order valence-corrected chi connectivity index (χ4v) is 2.26. The van der Waals surface area contributed by atoms with Crippen molar-refractivity contribution in [3.8, 4) is 0 Å². The largest absolute Gasteiger partial charge is 0.317 e. The summed E-state index contributed by atoms with van der Waals surface area (Å²) in [7, 11) is 1.97. The first-order chi connectivity index (χ1) is 7.69. The lowest BCUT2D eigenvalue weighted by Gasteiger charge is -2.15. The van der Waals surface area contributed by atoms with E-state index in [0.717, 1.165) is 31.2 Å². The van der Waals surface area contributed by atoms with Crippen molar-refractivity contribution in [2.75, 3.05) is 7.05 Å². The standard InChI is InChI=1S/C13H19BrFN/c1-3-5-11(16-2)9-8-10-6-4-7-12(14)13(10)15/h4,6-7,11,16H,3,5,8-9H2,1-2H3. The molecule has 16 heavy (non-hydrogen) atoms. The molecule has 0 radical (unpaired) electrons. The highest BCUT2D eigenvalue weighted by Crippen LogP contribution is 2.20. The van der Waals surface area contributed by atoms with Gasteiger partial charge in [-0.2, -0.15) is 0 Å². The van der Waals surface area contributed by atoms with Crippen molar-refractivity contribution in [1.29, 1.82) is 0 Å². The van der Waals surface area contributed by atoms with E-state index in [-0.39, 0.29) is 5.82 Å². The number of halogens is 2. The van der Waals surface area contributed by atoms with Crippen LogP contribution in [0.4, 0.5) is 4.39 Å². The summed E-state index contributed by atoms with van der Waals surface area (Å²) in [4.78, 5) is 0. The highest BCUT2D eigenvalue weighted by atomic mass is 79.9. The fraction of sp³-hybridized carbons (Fsp3) is 0.538. The van der Waals surface area contributed by atoms with Crippen LogP contribution in [-0.2, 0) is 6.42 Å². The molecule has 0 spiro atoms. The Hall–Kier alpha value is -0.410. The first-order valence-corrected chi connectivity index (χ1v) is 6.58. The Balaban J connectivity index is 2.56. The highest BCUT2D eigenvalue weighted by Gasteiger charge is 2.09. The summed E-state index contributed by atoms with van der Waals surface area (Å²) in [6.07, 6.45) is 4.08. The van der Waals surface area contributed by atoms with Gasteiger partial charge in [0.1, 0.15) is 5.82 Å². The first-order valence-electron chi connectivity index (χ1n) is 5.79. The number of hydrogen-bond donors (Lipinski definition) is 1. The summed E-state index contributed by atoms with van der Waals surface area (Å²) < 4.78 is 14.2. The smallest absolute Gasteiger partial charge is 0.140 e. The summed E-state index contributed by atoms with van der Waals surface area (Å²) in [6, 6.07) is 5.97. The molecule has 1 nitrogen and oxygen atoms in total. The van der Waals surface area contributed by atoms with Crippen molar-refractivity contribution in [1.82, 2.24) is 5.32 Å². The second kappa shape index (κ2) is 7.02. The van der Waals surface area contributed by atoms with Crippen LogP contribution in [0.2, 0.25) is 0 Å². The number of benzene rings is 1. The van der Waals surface area contributed by atoms with Crippen molar-refractivity contribution in [3.63, 3.8) is 0 Å². The fourth-order valence-electron chi connectivity index (χ4n) is 1.85. The van der Waals surface area contributed by atoms with E-state index < -0.39 is 0 Å². The molecule has 1 unspecified atom stereocenters. The van der Waals surface area contributed by atoms with Gasteiger partial charge >= 0.3 is 0 Å². The van der Waals surface area contributed by atoms with Gasteiger partial charge in [-0.15, -0.1) is 0 Å². The minimum Gasteiger partial charge on any atom is -0.317 e. The lowest BCUT2D eigenvalue weighted by atomic mass is 10.0. The monoisotopic (exact) mass is 287 g/mol. The molecule has 0 aliphatic rings. The molecule has 0 aliphatic carbocycles. The predicted molar refractivity (Wildman–Crippen MR) is 70.2 cm³/mol. The van der Waals surface area contributed by atoms with E-state index >= 15 is 0 Å². The molecule has 0 aromatic heterocycles. The van der Waals surface area contributed by atoms with E-state index in [1.807, 2.05) is 19.2 Å². The highest BCUT2D eigenvalue weighted by molar-refractivity contribution is 9.10. The van der Waals surface area contributed by atoms with E-state index in [1.165, 1.54) is 0 Å². The van der Waals surface area contributed by atoms with Gasteiger partial charge in [-0.25, -0.2) is 4.39 Å². The van der Waals surface area contributed by atoms with Gasteiger partial charge in [0.05, 0.1) is 4.47 Å². The number of hydrogen-bond acceptors (Lipinski definition) is 1. The molecular formula is C13H19BrFN. The van der Waals surface area contributed by atoms with Crippen molar-refractivity contribution in [2.24, 2.45) is 0 Å². The Morgan fingerprint density at radius 1 is 1.38 bits per heavy atom. The molecular weight excluding hydrogens is 269 g/mol. The zero-order chi connectivity index (χ0) is 12.0. The van der Waals surface area contributed by atoms with Gasteiger partial charge in [-0.1, -0.05) is 25.5 Å². The molecule has 0 heterocycles. The quantitative estimate of drug-likeness (QED) is 0.837. The van der Waals surface area contributed by atoms with Crippen LogP contribution in [0.3, 0.4) is 0 Å². The Morgan fingerprint density at radius 2 is 2.12 bits per heavy atom. The second-order valence-corrected chi connectivity index (χ2v) is 4.88. The average molecular weight is 288 g/mol. The summed E-state index contributed by atoms with van der Waals surface area (Å²) >= 11 is 3.21. The Morgan fingerprint density at radius 3 is 2.75 bits per heavy atom. The van der Waals surface area contributed by atoms with Crippen LogP contribution < -0.4 is 5.32 Å². The zero-order valence-electron chi connectivity index (χ0n) is 9.89. The molecule has 0 bridgehead atoms. The van der Waals surface area contributed by atoms with E-state index in [1.54, 1.807) is 6.07 Å². The Kier molecular flexibility index (Phi) is 5.99. The van der Waals surface area contributed by atoms with Crippen LogP contribution in [0.15, 0.2) is 22.7 Å². The van der Waals surface area contributed by atoms with Crippen LogP contribution >= 0.6 is 15.9 Å².